The van der Waals surface area contributed by atoms with Crippen molar-refractivity contribution < 1.29 is 0 Å². The Balaban J connectivity index is 2.17. The van der Waals surface area contributed by atoms with Gasteiger partial charge >= 0.3 is 0 Å². The van der Waals surface area contributed by atoms with Crippen LogP contribution in [0.4, 0.5) is 5.82 Å². The molecule has 3 rings (SSSR count). The van der Waals surface area contributed by atoms with Crippen molar-refractivity contribution in [3.63, 3.8) is 0 Å². The molecular formula is C14H13N3S. The Labute approximate surface area is 109 Å². The van der Waals surface area contributed by atoms with E-state index in [1.165, 1.54) is 5.56 Å². The van der Waals surface area contributed by atoms with E-state index >= 15 is 0 Å². The average Bonchev–Trinajstić information content (AvgIpc) is 2.99. The number of nitrogens with zero attached hydrogens (tertiary/aromatic N) is 1. The second-order valence-corrected chi connectivity index (χ2v) is 5.15. The van der Waals surface area contributed by atoms with Crippen LogP contribution >= 0.6 is 11.3 Å². The summed E-state index contributed by atoms with van der Waals surface area (Å²) in [5.74, 6) is 0.544. The van der Waals surface area contributed by atoms with Crippen LogP contribution in [0.5, 0.6) is 0 Å². The molecule has 0 unspecified atom stereocenters. The lowest BCUT2D eigenvalue weighted by molar-refractivity contribution is 1.11. The Bertz CT molecular complexity index is 651. The summed E-state index contributed by atoms with van der Waals surface area (Å²) in [7, 11) is 0. The predicted octanol–water partition coefficient (Wildman–Crippen LogP) is 3.70. The van der Waals surface area contributed by atoms with Gasteiger partial charge in [-0.25, -0.2) is 0 Å². The Morgan fingerprint density at radius 1 is 1.17 bits per heavy atom. The topological polar surface area (TPSA) is 54.7 Å². The van der Waals surface area contributed by atoms with Gasteiger partial charge in [0.15, 0.2) is 5.82 Å². The highest BCUT2D eigenvalue weighted by atomic mass is 32.1. The number of benzene rings is 1. The first-order chi connectivity index (χ1) is 8.75. The molecule has 3 nitrogen and oxygen atoms in total. The monoisotopic (exact) mass is 255 g/mol. The van der Waals surface area contributed by atoms with Crippen LogP contribution in [-0.4, -0.2) is 10.2 Å². The number of hydrogen-bond donors (Lipinski definition) is 2. The van der Waals surface area contributed by atoms with Crippen LogP contribution < -0.4 is 5.73 Å². The van der Waals surface area contributed by atoms with Crippen molar-refractivity contribution >= 4 is 17.2 Å². The molecule has 0 atom stereocenters. The van der Waals surface area contributed by atoms with E-state index in [1.807, 2.05) is 11.4 Å². The van der Waals surface area contributed by atoms with Gasteiger partial charge in [-0.2, -0.15) is 5.10 Å². The third-order valence-electron chi connectivity index (χ3n) is 2.90. The smallest absolute Gasteiger partial charge is 0.153 e. The van der Waals surface area contributed by atoms with Gasteiger partial charge in [0.05, 0.1) is 16.1 Å². The summed E-state index contributed by atoms with van der Waals surface area (Å²) < 4.78 is 0. The zero-order chi connectivity index (χ0) is 12.5. The van der Waals surface area contributed by atoms with Gasteiger partial charge in [-0.15, -0.1) is 11.3 Å². The maximum absolute atomic E-state index is 5.98. The normalized spacial score (nSPS) is 10.7. The number of nitrogens with one attached hydrogen (secondary N) is 1. The SMILES string of the molecule is Cc1ccc(-c2c(N)n[nH]c2-c2cccs2)cc1. The van der Waals surface area contributed by atoms with E-state index in [4.69, 9.17) is 5.73 Å². The second kappa shape index (κ2) is 4.31. The van der Waals surface area contributed by atoms with Crippen molar-refractivity contribution in [1.82, 2.24) is 10.2 Å². The summed E-state index contributed by atoms with van der Waals surface area (Å²) in [5.41, 5.74) is 10.3. The van der Waals surface area contributed by atoms with E-state index in [9.17, 15) is 0 Å². The zero-order valence-electron chi connectivity index (χ0n) is 9.97. The van der Waals surface area contributed by atoms with Gasteiger partial charge in [0.2, 0.25) is 0 Å². The van der Waals surface area contributed by atoms with Crippen molar-refractivity contribution in [2.75, 3.05) is 5.73 Å². The number of aromatic nitrogens is 2. The van der Waals surface area contributed by atoms with E-state index < -0.39 is 0 Å². The van der Waals surface area contributed by atoms with Crippen LogP contribution in [0.25, 0.3) is 21.7 Å². The summed E-state index contributed by atoms with van der Waals surface area (Å²) in [5, 5.41) is 9.20. The van der Waals surface area contributed by atoms with E-state index in [0.29, 0.717) is 5.82 Å². The molecule has 0 saturated heterocycles. The number of rotatable bonds is 2. The first kappa shape index (κ1) is 11.0. The van der Waals surface area contributed by atoms with Gasteiger partial charge in [-0.05, 0) is 23.9 Å². The lowest BCUT2D eigenvalue weighted by atomic mass is 10.0. The molecule has 0 aliphatic rings. The fraction of sp³-hybridized carbons (Fsp3) is 0.0714. The molecule has 90 valence electrons. The zero-order valence-corrected chi connectivity index (χ0v) is 10.8. The van der Waals surface area contributed by atoms with Gasteiger partial charge < -0.3 is 5.73 Å². The van der Waals surface area contributed by atoms with Gasteiger partial charge in [0.25, 0.3) is 0 Å². The number of thiophene rings is 1. The Morgan fingerprint density at radius 2 is 1.94 bits per heavy atom. The van der Waals surface area contributed by atoms with Crippen molar-refractivity contribution in [3.05, 3.63) is 47.3 Å². The number of anilines is 1. The molecule has 0 amide bonds. The van der Waals surface area contributed by atoms with E-state index in [-0.39, 0.29) is 0 Å². The number of nitrogen functional groups attached to an aromatic ring is 1. The molecule has 0 aliphatic heterocycles. The molecule has 3 N–H and O–H groups in total. The Morgan fingerprint density at radius 3 is 2.61 bits per heavy atom. The van der Waals surface area contributed by atoms with Crippen LogP contribution in [0.15, 0.2) is 41.8 Å². The average molecular weight is 255 g/mol. The van der Waals surface area contributed by atoms with E-state index in [2.05, 4.69) is 47.5 Å². The molecule has 18 heavy (non-hydrogen) atoms. The summed E-state index contributed by atoms with van der Waals surface area (Å²) in [6.07, 6.45) is 0. The second-order valence-electron chi connectivity index (χ2n) is 4.20. The number of aromatic amines is 1. The molecule has 2 aromatic heterocycles. The molecule has 3 aromatic rings. The Kier molecular flexibility index (Phi) is 2.64. The van der Waals surface area contributed by atoms with Crippen molar-refractivity contribution in [1.29, 1.82) is 0 Å². The molecule has 0 spiro atoms. The van der Waals surface area contributed by atoms with Crippen molar-refractivity contribution in [2.45, 2.75) is 6.92 Å². The maximum Gasteiger partial charge on any atom is 0.153 e. The fourth-order valence-electron chi connectivity index (χ4n) is 1.97. The van der Waals surface area contributed by atoms with Crippen LogP contribution in [0.2, 0.25) is 0 Å². The van der Waals surface area contributed by atoms with Gasteiger partial charge in [0, 0.05) is 0 Å². The molecular weight excluding hydrogens is 242 g/mol. The number of aryl methyl sites for hydroxylation is 1. The third kappa shape index (κ3) is 1.80. The minimum Gasteiger partial charge on any atom is -0.382 e. The van der Waals surface area contributed by atoms with Crippen LogP contribution in [0.1, 0.15) is 5.56 Å². The molecule has 0 radical (unpaired) electrons. The minimum atomic E-state index is 0.544. The predicted molar refractivity (Wildman–Crippen MR) is 76.5 cm³/mol. The lowest BCUT2D eigenvalue weighted by Crippen LogP contribution is -1.88. The first-order valence-electron chi connectivity index (χ1n) is 5.70. The van der Waals surface area contributed by atoms with Crippen molar-refractivity contribution in [3.8, 4) is 21.7 Å². The number of H-pyrrole nitrogens is 1. The highest BCUT2D eigenvalue weighted by Gasteiger charge is 2.14. The largest absolute Gasteiger partial charge is 0.382 e. The minimum absolute atomic E-state index is 0.544. The highest BCUT2D eigenvalue weighted by Crippen LogP contribution is 2.36. The number of hydrogen-bond acceptors (Lipinski definition) is 3. The first-order valence-corrected chi connectivity index (χ1v) is 6.58. The summed E-state index contributed by atoms with van der Waals surface area (Å²) in [6.45, 7) is 2.07. The quantitative estimate of drug-likeness (QED) is 0.733. The molecule has 4 heteroatoms. The van der Waals surface area contributed by atoms with E-state index in [0.717, 1.165) is 21.7 Å². The standard InChI is InChI=1S/C14H13N3S/c1-9-4-6-10(7-5-9)12-13(16-17-14(12)15)11-3-2-8-18-11/h2-8H,1H3,(H3,15,16,17). The molecule has 0 fully saturated rings. The summed E-state index contributed by atoms with van der Waals surface area (Å²) in [6, 6.07) is 12.4. The van der Waals surface area contributed by atoms with Crippen LogP contribution in [-0.2, 0) is 0 Å². The highest BCUT2D eigenvalue weighted by molar-refractivity contribution is 7.13. The van der Waals surface area contributed by atoms with Crippen LogP contribution in [0.3, 0.4) is 0 Å². The Hall–Kier alpha value is -2.07. The molecule has 0 aliphatic carbocycles. The van der Waals surface area contributed by atoms with Gasteiger partial charge in [0.1, 0.15) is 0 Å². The van der Waals surface area contributed by atoms with Crippen molar-refractivity contribution in [2.24, 2.45) is 0 Å². The molecule has 0 bridgehead atoms. The molecule has 0 saturated carbocycles. The van der Waals surface area contributed by atoms with Crippen LogP contribution in [0, 0.1) is 6.92 Å². The van der Waals surface area contributed by atoms with Gasteiger partial charge in [-0.3, -0.25) is 5.10 Å². The maximum atomic E-state index is 5.98. The summed E-state index contributed by atoms with van der Waals surface area (Å²) >= 11 is 1.67. The fourth-order valence-corrected chi connectivity index (χ4v) is 2.69. The molecule has 1 aromatic carbocycles. The molecule has 2 heterocycles. The van der Waals surface area contributed by atoms with Gasteiger partial charge in [-0.1, -0.05) is 35.9 Å². The number of nitrogens with two attached hydrogens (primary N) is 1. The third-order valence-corrected chi connectivity index (χ3v) is 3.79. The summed E-state index contributed by atoms with van der Waals surface area (Å²) in [4.78, 5) is 1.15. The lowest BCUT2D eigenvalue weighted by Gasteiger charge is -2.03. The van der Waals surface area contributed by atoms with E-state index in [1.54, 1.807) is 11.3 Å².